The minimum atomic E-state index is -0.769. The van der Waals surface area contributed by atoms with Crippen molar-refractivity contribution in [2.24, 2.45) is 0 Å². The van der Waals surface area contributed by atoms with Crippen LogP contribution in [0, 0.1) is 6.92 Å². The van der Waals surface area contributed by atoms with E-state index in [0.717, 1.165) is 10.0 Å². The summed E-state index contributed by atoms with van der Waals surface area (Å²) in [5, 5.41) is 0. The Hall–Kier alpha value is -1.94. The monoisotopic (exact) mass is 360 g/mol. The predicted octanol–water partition coefficient (Wildman–Crippen LogP) is 4.58. The largest absolute Gasteiger partial charge is 0.450 e. The molecule has 0 spiro atoms. The molecule has 114 valence electrons. The number of benzene rings is 2. The van der Waals surface area contributed by atoms with Crippen LogP contribution in [0.5, 0.6) is 0 Å². The van der Waals surface area contributed by atoms with Gasteiger partial charge in [0, 0.05) is 10.0 Å². The average Bonchev–Trinajstić information content (AvgIpc) is 2.55. The highest BCUT2D eigenvalue weighted by Gasteiger charge is 2.23. The number of rotatable bonds is 5. The molecule has 1 atom stereocenters. The SMILES string of the molecule is CCC(OC(=O)c1ccc(C)c(Br)c1)C(=O)c1ccccc1. The summed E-state index contributed by atoms with van der Waals surface area (Å²) in [5.41, 5.74) is 2.01. The van der Waals surface area contributed by atoms with Gasteiger partial charge in [-0.15, -0.1) is 0 Å². The molecule has 3 nitrogen and oxygen atoms in total. The van der Waals surface area contributed by atoms with Crippen molar-refractivity contribution < 1.29 is 14.3 Å². The van der Waals surface area contributed by atoms with Gasteiger partial charge >= 0.3 is 5.97 Å². The Morgan fingerprint density at radius 3 is 2.36 bits per heavy atom. The molecule has 1 unspecified atom stereocenters. The zero-order chi connectivity index (χ0) is 16.1. The van der Waals surface area contributed by atoms with Crippen molar-refractivity contribution >= 4 is 27.7 Å². The van der Waals surface area contributed by atoms with Crippen LogP contribution in [0.3, 0.4) is 0 Å². The Morgan fingerprint density at radius 2 is 1.77 bits per heavy atom. The fraction of sp³-hybridized carbons (Fsp3) is 0.222. The Morgan fingerprint density at radius 1 is 1.09 bits per heavy atom. The first kappa shape index (κ1) is 16.4. The van der Waals surface area contributed by atoms with Crippen LogP contribution in [-0.4, -0.2) is 17.9 Å². The normalized spacial score (nSPS) is 11.8. The predicted molar refractivity (Wildman–Crippen MR) is 89.1 cm³/mol. The van der Waals surface area contributed by atoms with E-state index in [1.165, 1.54) is 0 Å². The zero-order valence-electron chi connectivity index (χ0n) is 12.5. The second kappa shape index (κ2) is 7.36. The van der Waals surface area contributed by atoms with Crippen molar-refractivity contribution in [3.05, 3.63) is 69.7 Å². The quantitative estimate of drug-likeness (QED) is 0.579. The fourth-order valence-electron chi connectivity index (χ4n) is 2.03. The summed E-state index contributed by atoms with van der Waals surface area (Å²) in [4.78, 5) is 24.6. The first-order chi connectivity index (χ1) is 10.5. The molecule has 0 saturated carbocycles. The Labute approximate surface area is 138 Å². The summed E-state index contributed by atoms with van der Waals surface area (Å²) in [5.74, 6) is -0.667. The highest BCUT2D eigenvalue weighted by atomic mass is 79.9. The lowest BCUT2D eigenvalue weighted by Gasteiger charge is -2.15. The number of ether oxygens (including phenoxy) is 1. The minimum Gasteiger partial charge on any atom is -0.450 e. The molecule has 0 N–H and O–H groups in total. The molecule has 0 aliphatic rings. The molecule has 0 aliphatic heterocycles. The number of halogens is 1. The fourth-order valence-corrected chi connectivity index (χ4v) is 2.41. The van der Waals surface area contributed by atoms with E-state index in [1.54, 1.807) is 36.4 Å². The van der Waals surface area contributed by atoms with Crippen LogP contribution in [0.4, 0.5) is 0 Å². The molecule has 0 bridgehead atoms. The van der Waals surface area contributed by atoms with E-state index in [9.17, 15) is 9.59 Å². The molecule has 2 rings (SSSR count). The summed E-state index contributed by atoms with van der Waals surface area (Å²) in [6.45, 7) is 3.76. The molecule has 0 heterocycles. The maximum absolute atomic E-state index is 12.4. The van der Waals surface area contributed by atoms with Gasteiger partial charge in [0.2, 0.25) is 5.78 Å². The molecule has 4 heteroatoms. The molecule has 0 amide bonds. The Bertz CT molecular complexity index is 680. The van der Waals surface area contributed by atoms with E-state index < -0.39 is 12.1 Å². The second-order valence-electron chi connectivity index (χ2n) is 5.00. The number of carbonyl (C=O) groups excluding carboxylic acids is 2. The molecule has 22 heavy (non-hydrogen) atoms. The number of carbonyl (C=O) groups is 2. The maximum Gasteiger partial charge on any atom is 0.338 e. The zero-order valence-corrected chi connectivity index (χ0v) is 14.1. The topological polar surface area (TPSA) is 43.4 Å². The van der Waals surface area contributed by atoms with Gasteiger partial charge in [-0.25, -0.2) is 4.79 Å². The third kappa shape index (κ3) is 3.83. The number of hydrogen-bond acceptors (Lipinski definition) is 3. The van der Waals surface area contributed by atoms with Gasteiger partial charge in [0.25, 0.3) is 0 Å². The van der Waals surface area contributed by atoms with Crippen LogP contribution in [0.2, 0.25) is 0 Å². The molecular weight excluding hydrogens is 344 g/mol. The van der Waals surface area contributed by atoms with Crippen molar-refractivity contribution in [3.63, 3.8) is 0 Å². The highest BCUT2D eigenvalue weighted by Crippen LogP contribution is 2.19. The molecule has 0 saturated heterocycles. The smallest absolute Gasteiger partial charge is 0.338 e. The lowest BCUT2D eigenvalue weighted by Crippen LogP contribution is -2.26. The number of esters is 1. The van der Waals surface area contributed by atoms with E-state index in [2.05, 4.69) is 15.9 Å². The van der Waals surface area contributed by atoms with Gasteiger partial charge in [0.1, 0.15) is 0 Å². The van der Waals surface area contributed by atoms with E-state index in [4.69, 9.17) is 4.74 Å². The molecule has 0 aromatic heterocycles. The van der Waals surface area contributed by atoms with Gasteiger partial charge in [-0.3, -0.25) is 4.79 Å². The average molecular weight is 361 g/mol. The molecule has 0 fully saturated rings. The second-order valence-corrected chi connectivity index (χ2v) is 5.85. The number of aryl methyl sites for hydroxylation is 1. The van der Waals surface area contributed by atoms with E-state index >= 15 is 0 Å². The summed E-state index contributed by atoms with van der Waals surface area (Å²) in [6.07, 6.45) is -0.332. The van der Waals surface area contributed by atoms with E-state index in [1.807, 2.05) is 26.0 Å². The van der Waals surface area contributed by atoms with Gasteiger partial charge in [0.05, 0.1) is 5.56 Å². The molecular formula is C18H17BrO3. The van der Waals surface area contributed by atoms with Gasteiger partial charge in [-0.2, -0.15) is 0 Å². The molecule has 2 aromatic rings. The third-order valence-corrected chi connectivity index (χ3v) is 4.23. The van der Waals surface area contributed by atoms with Crippen LogP contribution >= 0.6 is 15.9 Å². The van der Waals surface area contributed by atoms with Gasteiger partial charge in [-0.05, 0) is 31.0 Å². The van der Waals surface area contributed by atoms with Crippen LogP contribution in [0.1, 0.15) is 39.6 Å². The number of Topliss-reactive ketones (excluding diaryl/α,β-unsaturated/α-hetero) is 1. The van der Waals surface area contributed by atoms with Crippen molar-refractivity contribution in [1.82, 2.24) is 0 Å². The maximum atomic E-state index is 12.4. The van der Waals surface area contributed by atoms with Crippen molar-refractivity contribution in [2.75, 3.05) is 0 Å². The molecule has 0 aliphatic carbocycles. The van der Waals surface area contributed by atoms with Crippen LogP contribution in [0.25, 0.3) is 0 Å². The lowest BCUT2D eigenvalue weighted by molar-refractivity contribution is 0.0277. The standard InChI is InChI=1S/C18H17BrO3/c1-3-16(17(20)13-7-5-4-6-8-13)22-18(21)14-10-9-12(2)15(19)11-14/h4-11,16H,3H2,1-2H3. The summed E-state index contributed by atoms with van der Waals surface area (Å²) in [7, 11) is 0. The van der Waals surface area contributed by atoms with Crippen LogP contribution in [-0.2, 0) is 4.74 Å². The summed E-state index contributed by atoms with van der Waals surface area (Å²) in [6, 6.07) is 14.1. The highest BCUT2D eigenvalue weighted by molar-refractivity contribution is 9.10. The van der Waals surface area contributed by atoms with Crippen molar-refractivity contribution in [2.45, 2.75) is 26.4 Å². The van der Waals surface area contributed by atoms with Crippen LogP contribution in [0.15, 0.2) is 53.0 Å². The third-order valence-electron chi connectivity index (χ3n) is 3.38. The van der Waals surface area contributed by atoms with E-state index in [-0.39, 0.29) is 5.78 Å². The Kier molecular flexibility index (Phi) is 5.50. The molecule has 0 radical (unpaired) electrons. The first-order valence-electron chi connectivity index (χ1n) is 7.09. The number of ketones is 1. The van der Waals surface area contributed by atoms with Crippen LogP contribution < -0.4 is 0 Å². The van der Waals surface area contributed by atoms with Gasteiger partial charge in [0.15, 0.2) is 6.10 Å². The summed E-state index contributed by atoms with van der Waals surface area (Å²) >= 11 is 3.39. The minimum absolute atomic E-state index is 0.178. The van der Waals surface area contributed by atoms with Gasteiger partial charge in [-0.1, -0.05) is 59.3 Å². The lowest BCUT2D eigenvalue weighted by atomic mass is 10.0. The van der Waals surface area contributed by atoms with E-state index in [0.29, 0.717) is 17.5 Å². The van der Waals surface area contributed by atoms with Crippen molar-refractivity contribution in [1.29, 1.82) is 0 Å². The first-order valence-corrected chi connectivity index (χ1v) is 7.88. The summed E-state index contributed by atoms with van der Waals surface area (Å²) < 4.78 is 6.22. The Balaban J connectivity index is 2.14. The van der Waals surface area contributed by atoms with Crippen molar-refractivity contribution in [3.8, 4) is 0 Å². The molecule has 2 aromatic carbocycles. The van der Waals surface area contributed by atoms with Gasteiger partial charge < -0.3 is 4.74 Å². The number of hydrogen-bond donors (Lipinski definition) is 0.